The number of carbonyl (C=O) groups excluding carboxylic acids is 2. The van der Waals surface area contributed by atoms with Gasteiger partial charge in [0.15, 0.2) is 0 Å². The molecule has 0 saturated carbocycles. The molecule has 1 atom stereocenters. The molecular weight excluding hydrogens is 358 g/mol. The molecule has 28 heavy (non-hydrogen) atoms. The maximum atomic E-state index is 12.6. The number of fused-ring (bicyclic) bond motifs is 1. The van der Waals surface area contributed by atoms with Crippen molar-refractivity contribution in [1.29, 1.82) is 0 Å². The second-order valence-corrected chi connectivity index (χ2v) is 7.29. The van der Waals surface area contributed by atoms with Gasteiger partial charge in [-0.25, -0.2) is 0 Å². The summed E-state index contributed by atoms with van der Waals surface area (Å²) >= 11 is 0. The predicted molar refractivity (Wildman–Crippen MR) is 103 cm³/mol. The van der Waals surface area contributed by atoms with E-state index in [-0.39, 0.29) is 17.9 Å². The number of carbonyl (C=O) groups is 2. The molecule has 1 aliphatic rings. The zero-order valence-electron chi connectivity index (χ0n) is 16.0. The van der Waals surface area contributed by atoms with Crippen LogP contribution in [0.3, 0.4) is 0 Å². The van der Waals surface area contributed by atoms with E-state index in [1.807, 2.05) is 30.9 Å². The van der Waals surface area contributed by atoms with Crippen LogP contribution in [0.4, 0.5) is 0 Å². The topological polar surface area (TPSA) is 88.6 Å². The van der Waals surface area contributed by atoms with E-state index in [9.17, 15) is 9.59 Å². The van der Waals surface area contributed by atoms with Gasteiger partial charge in [0.2, 0.25) is 5.91 Å². The quantitative estimate of drug-likeness (QED) is 0.749. The second kappa shape index (κ2) is 7.50. The van der Waals surface area contributed by atoms with Gasteiger partial charge in [0.25, 0.3) is 5.91 Å². The lowest BCUT2D eigenvalue weighted by atomic mass is 10.1. The van der Waals surface area contributed by atoms with Crippen LogP contribution in [0.5, 0.6) is 0 Å². The van der Waals surface area contributed by atoms with Gasteiger partial charge in [0.1, 0.15) is 11.3 Å². The number of aryl methyl sites for hydroxylation is 2. The van der Waals surface area contributed by atoms with Crippen molar-refractivity contribution in [2.45, 2.75) is 45.7 Å². The molecule has 2 amide bonds. The number of hydrogen-bond donors (Lipinski definition) is 1. The summed E-state index contributed by atoms with van der Waals surface area (Å²) < 4.78 is 10.6. The summed E-state index contributed by atoms with van der Waals surface area (Å²) in [6, 6.07) is 7.23. The molecule has 1 N–H and O–H groups in total. The first-order chi connectivity index (χ1) is 13.5. The third-order valence-electron chi connectivity index (χ3n) is 5.39. The molecule has 3 aromatic rings. The van der Waals surface area contributed by atoms with Crippen molar-refractivity contribution in [1.82, 2.24) is 15.4 Å². The molecule has 2 aromatic heterocycles. The number of nitrogens with one attached hydrogen (secondary N) is 1. The van der Waals surface area contributed by atoms with Crippen LogP contribution >= 0.6 is 0 Å². The van der Waals surface area contributed by atoms with Gasteiger partial charge in [-0.05, 0) is 44.9 Å². The highest BCUT2D eigenvalue weighted by Gasteiger charge is 2.25. The lowest BCUT2D eigenvalue weighted by Gasteiger charge is -2.21. The lowest BCUT2D eigenvalue weighted by molar-refractivity contribution is -0.131. The number of benzene rings is 1. The van der Waals surface area contributed by atoms with Crippen LogP contribution in [0.1, 0.15) is 46.6 Å². The Morgan fingerprint density at radius 3 is 2.93 bits per heavy atom. The van der Waals surface area contributed by atoms with Gasteiger partial charge in [0.05, 0.1) is 18.5 Å². The van der Waals surface area contributed by atoms with Gasteiger partial charge in [-0.3, -0.25) is 9.59 Å². The summed E-state index contributed by atoms with van der Waals surface area (Å²) in [7, 11) is 0. The van der Waals surface area contributed by atoms with Crippen LogP contribution in [0.15, 0.2) is 39.5 Å². The average molecular weight is 381 g/mol. The molecule has 1 fully saturated rings. The summed E-state index contributed by atoms with van der Waals surface area (Å²) in [5.74, 6) is 0.691. The van der Waals surface area contributed by atoms with Crippen molar-refractivity contribution in [3.63, 3.8) is 0 Å². The highest BCUT2D eigenvalue weighted by molar-refractivity contribution is 5.97. The smallest absolute Gasteiger partial charge is 0.251 e. The Balaban J connectivity index is 1.40. The maximum absolute atomic E-state index is 12.6. The van der Waals surface area contributed by atoms with Crippen LogP contribution < -0.4 is 5.32 Å². The van der Waals surface area contributed by atoms with Crippen LogP contribution in [0.25, 0.3) is 11.0 Å². The molecule has 0 radical (unpaired) electrons. The second-order valence-electron chi connectivity index (χ2n) is 7.29. The Morgan fingerprint density at radius 1 is 1.29 bits per heavy atom. The number of aromatic nitrogens is 1. The summed E-state index contributed by atoms with van der Waals surface area (Å²) in [4.78, 5) is 27.0. The lowest BCUT2D eigenvalue weighted by Crippen LogP contribution is -2.36. The number of nitrogens with zero attached hydrogens (tertiary/aromatic N) is 2. The molecule has 0 aliphatic carbocycles. The van der Waals surface area contributed by atoms with Crippen molar-refractivity contribution in [2.24, 2.45) is 0 Å². The number of furan rings is 1. The van der Waals surface area contributed by atoms with Gasteiger partial charge in [-0.15, -0.1) is 0 Å². The van der Waals surface area contributed by atoms with Gasteiger partial charge >= 0.3 is 0 Å². The Hall–Kier alpha value is -3.09. The Bertz CT molecular complexity index is 1000. The summed E-state index contributed by atoms with van der Waals surface area (Å²) in [6.45, 7) is 4.82. The molecule has 1 aliphatic heterocycles. The molecule has 0 spiro atoms. The molecule has 1 aromatic carbocycles. The van der Waals surface area contributed by atoms with Crippen molar-refractivity contribution >= 4 is 22.8 Å². The van der Waals surface area contributed by atoms with E-state index in [4.69, 9.17) is 8.94 Å². The Morgan fingerprint density at radius 2 is 2.14 bits per heavy atom. The minimum absolute atomic E-state index is 0.0431. The van der Waals surface area contributed by atoms with Crippen molar-refractivity contribution in [2.75, 3.05) is 6.54 Å². The minimum atomic E-state index is -0.144. The van der Waals surface area contributed by atoms with Gasteiger partial charge in [-0.2, -0.15) is 0 Å². The van der Waals surface area contributed by atoms with E-state index >= 15 is 0 Å². The molecule has 1 saturated heterocycles. The fraction of sp³-hybridized carbons (Fsp3) is 0.381. The SMILES string of the molecule is Cc1noc(C)c1CN1CCC(NC(=O)c2ccc3ccoc3c2)CCC1=O. The van der Waals surface area contributed by atoms with Gasteiger partial charge in [-0.1, -0.05) is 11.2 Å². The normalized spacial score (nSPS) is 17.7. The van der Waals surface area contributed by atoms with Gasteiger partial charge < -0.3 is 19.2 Å². The van der Waals surface area contributed by atoms with E-state index < -0.39 is 0 Å². The largest absolute Gasteiger partial charge is 0.464 e. The first kappa shape index (κ1) is 18.3. The maximum Gasteiger partial charge on any atom is 0.251 e. The van der Waals surface area contributed by atoms with E-state index in [1.54, 1.807) is 18.4 Å². The fourth-order valence-electron chi connectivity index (χ4n) is 3.63. The van der Waals surface area contributed by atoms with E-state index in [0.29, 0.717) is 43.5 Å². The number of rotatable bonds is 4. The molecular formula is C21H23N3O4. The van der Waals surface area contributed by atoms with Crippen LogP contribution in [0.2, 0.25) is 0 Å². The zero-order chi connectivity index (χ0) is 19.7. The number of amides is 2. The zero-order valence-corrected chi connectivity index (χ0v) is 16.0. The molecule has 0 bridgehead atoms. The highest BCUT2D eigenvalue weighted by Crippen LogP contribution is 2.21. The van der Waals surface area contributed by atoms with E-state index in [1.165, 1.54) is 0 Å². The number of likely N-dealkylation sites (tertiary alicyclic amines) is 1. The van der Waals surface area contributed by atoms with Crippen LogP contribution in [-0.4, -0.2) is 34.5 Å². The molecule has 3 heterocycles. The summed E-state index contributed by atoms with van der Waals surface area (Å²) in [5.41, 5.74) is 3.02. The standard InChI is InChI=1S/C21H23N3O4/c1-13-18(14(2)28-23-13)12-24-9-7-17(5-6-20(24)25)22-21(26)16-4-3-15-8-10-27-19(15)11-16/h3-4,8,10-11,17H,5-7,9,12H2,1-2H3,(H,22,26). The summed E-state index contributed by atoms with van der Waals surface area (Å²) in [6.07, 6.45) is 3.36. The van der Waals surface area contributed by atoms with E-state index in [0.717, 1.165) is 22.4 Å². The monoisotopic (exact) mass is 381 g/mol. The molecule has 7 heteroatoms. The van der Waals surface area contributed by atoms with Crippen LogP contribution in [0, 0.1) is 13.8 Å². The van der Waals surface area contributed by atoms with E-state index in [2.05, 4.69) is 10.5 Å². The predicted octanol–water partition coefficient (Wildman–Crippen LogP) is 3.35. The Kier molecular flexibility index (Phi) is 4.90. The van der Waals surface area contributed by atoms with Crippen molar-refractivity contribution in [3.8, 4) is 0 Å². The molecule has 7 nitrogen and oxygen atoms in total. The van der Waals surface area contributed by atoms with Crippen molar-refractivity contribution < 1.29 is 18.5 Å². The Labute approximate surface area is 162 Å². The number of hydrogen-bond acceptors (Lipinski definition) is 5. The average Bonchev–Trinajstić information content (AvgIpc) is 3.23. The molecule has 4 rings (SSSR count). The highest BCUT2D eigenvalue weighted by atomic mass is 16.5. The van der Waals surface area contributed by atoms with Gasteiger partial charge in [0, 0.05) is 35.5 Å². The molecule has 146 valence electrons. The third kappa shape index (κ3) is 3.65. The fourth-order valence-corrected chi connectivity index (χ4v) is 3.63. The first-order valence-corrected chi connectivity index (χ1v) is 9.49. The van der Waals surface area contributed by atoms with Crippen LogP contribution in [-0.2, 0) is 11.3 Å². The first-order valence-electron chi connectivity index (χ1n) is 9.49. The van der Waals surface area contributed by atoms with Crippen molar-refractivity contribution in [3.05, 3.63) is 53.1 Å². The summed E-state index contributed by atoms with van der Waals surface area (Å²) in [5, 5.41) is 7.99. The molecule has 1 unspecified atom stereocenters. The minimum Gasteiger partial charge on any atom is -0.464 e. The third-order valence-corrected chi connectivity index (χ3v) is 5.39.